The fourth-order valence-electron chi connectivity index (χ4n) is 1.23. The van der Waals surface area contributed by atoms with E-state index in [1.54, 1.807) is 4.40 Å². The second-order valence-corrected chi connectivity index (χ2v) is 3.86. The van der Waals surface area contributed by atoms with E-state index in [1.807, 2.05) is 18.3 Å². The molecule has 2 heterocycles. The van der Waals surface area contributed by atoms with Crippen molar-refractivity contribution in [3.05, 3.63) is 28.6 Å². The molecule has 2 aromatic heterocycles. The van der Waals surface area contributed by atoms with Crippen molar-refractivity contribution in [3.63, 3.8) is 0 Å². The maximum atomic E-state index is 11.1. The number of fused-ring (bicyclic) bond motifs is 1. The van der Waals surface area contributed by atoms with Gasteiger partial charge in [0.15, 0.2) is 5.65 Å². The number of halogens is 1. The van der Waals surface area contributed by atoms with Crippen LogP contribution in [-0.4, -0.2) is 27.7 Å². The third-order valence-corrected chi connectivity index (χ3v) is 2.44. The lowest BCUT2D eigenvalue weighted by Crippen LogP contribution is -2.07. The monoisotopic (exact) mass is 269 g/mol. The Bertz CT molecular complexity index is 509. The Morgan fingerprint density at radius 2 is 2.33 bits per heavy atom. The summed E-state index contributed by atoms with van der Waals surface area (Å²) in [4.78, 5) is 11.1. The minimum absolute atomic E-state index is 0.119. The maximum absolute atomic E-state index is 11.1. The zero-order valence-corrected chi connectivity index (χ0v) is 9.56. The van der Waals surface area contributed by atoms with Crippen LogP contribution in [0, 0.1) is 0 Å². The molecule has 0 atom stereocenters. The number of nitrogens with zero attached hydrogens (tertiary/aromatic N) is 3. The van der Waals surface area contributed by atoms with Crippen molar-refractivity contribution in [2.45, 2.75) is 6.42 Å². The molecule has 0 aliphatic rings. The molecule has 0 unspecified atom stereocenters. The van der Waals surface area contributed by atoms with E-state index in [1.165, 1.54) is 7.11 Å². The van der Waals surface area contributed by atoms with Gasteiger partial charge in [-0.3, -0.25) is 9.20 Å². The number of aromatic nitrogens is 3. The highest BCUT2D eigenvalue weighted by Gasteiger charge is 2.10. The van der Waals surface area contributed by atoms with Crippen LogP contribution in [0.2, 0.25) is 0 Å². The Morgan fingerprint density at radius 1 is 1.53 bits per heavy atom. The van der Waals surface area contributed by atoms with Gasteiger partial charge in [0.2, 0.25) is 0 Å². The van der Waals surface area contributed by atoms with Crippen LogP contribution in [0.5, 0.6) is 0 Å². The van der Waals surface area contributed by atoms with Crippen LogP contribution in [0.4, 0.5) is 0 Å². The highest BCUT2D eigenvalue weighted by atomic mass is 79.9. The molecule has 0 bridgehead atoms. The lowest BCUT2D eigenvalue weighted by molar-refractivity contribution is -0.139. The van der Waals surface area contributed by atoms with Crippen molar-refractivity contribution in [2.24, 2.45) is 0 Å². The van der Waals surface area contributed by atoms with Crippen molar-refractivity contribution in [3.8, 4) is 0 Å². The van der Waals surface area contributed by atoms with E-state index < -0.39 is 0 Å². The smallest absolute Gasteiger partial charge is 0.313 e. The fraction of sp³-hybridized carbons (Fsp3) is 0.222. The number of hydrogen-bond donors (Lipinski definition) is 0. The third-order valence-electron chi connectivity index (χ3n) is 1.97. The van der Waals surface area contributed by atoms with Crippen molar-refractivity contribution >= 4 is 27.5 Å². The maximum Gasteiger partial charge on any atom is 0.313 e. The molecule has 0 saturated carbocycles. The lowest BCUT2D eigenvalue weighted by atomic mass is 10.4. The van der Waals surface area contributed by atoms with Crippen molar-refractivity contribution in [1.29, 1.82) is 0 Å². The molecule has 0 spiro atoms. The van der Waals surface area contributed by atoms with Crippen LogP contribution in [0.25, 0.3) is 5.65 Å². The minimum Gasteiger partial charge on any atom is -0.469 e. The summed E-state index contributed by atoms with van der Waals surface area (Å²) in [5.41, 5.74) is 0.706. The summed E-state index contributed by atoms with van der Waals surface area (Å²) in [5.74, 6) is 0.238. The van der Waals surface area contributed by atoms with Gasteiger partial charge in [-0.25, -0.2) is 0 Å². The van der Waals surface area contributed by atoms with Gasteiger partial charge in [-0.1, -0.05) is 0 Å². The molecule has 6 heteroatoms. The zero-order chi connectivity index (χ0) is 10.8. The van der Waals surface area contributed by atoms with Gasteiger partial charge in [0, 0.05) is 10.7 Å². The van der Waals surface area contributed by atoms with Crippen LogP contribution >= 0.6 is 15.9 Å². The Hall–Kier alpha value is -1.43. The first-order valence-electron chi connectivity index (χ1n) is 4.26. The molecule has 0 saturated heterocycles. The Morgan fingerprint density at radius 3 is 3.07 bits per heavy atom. The number of carbonyl (C=O) groups excluding carboxylic acids is 1. The number of ether oxygens (including phenoxy) is 1. The van der Waals surface area contributed by atoms with Crippen LogP contribution in [0.3, 0.4) is 0 Å². The highest BCUT2D eigenvalue weighted by molar-refractivity contribution is 9.10. The normalized spacial score (nSPS) is 10.5. The fourth-order valence-corrected chi connectivity index (χ4v) is 1.57. The number of hydrogen-bond acceptors (Lipinski definition) is 4. The van der Waals surface area contributed by atoms with Crippen molar-refractivity contribution < 1.29 is 9.53 Å². The van der Waals surface area contributed by atoms with Gasteiger partial charge >= 0.3 is 5.97 Å². The molecule has 2 rings (SSSR count). The number of pyridine rings is 1. The number of esters is 1. The first-order chi connectivity index (χ1) is 7.20. The Labute approximate surface area is 94.2 Å². The van der Waals surface area contributed by atoms with E-state index in [-0.39, 0.29) is 12.4 Å². The predicted molar refractivity (Wildman–Crippen MR) is 56.4 cm³/mol. The summed E-state index contributed by atoms with van der Waals surface area (Å²) >= 11 is 3.34. The van der Waals surface area contributed by atoms with Crippen LogP contribution in [0.15, 0.2) is 22.8 Å². The summed E-state index contributed by atoms with van der Waals surface area (Å²) < 4.78 is 7.23. The molecule has 5 nitrogen and oxygen atoms in total. The molecule has 0 fully saturated rings. The topological polar surface area (TPSA) is 56.5 Å². The summed E-state index contributed by atoms with van der Waals surface area (Å²) in [6.45, 7) is 0. The number of rotatable bonds is 2. The third kappa shape index (κ3) is 1.99. The highest BCUT2D eigenvalue weighted by Crippen LogP contribution is 2.12. The van der Waals surface area contributed by atoms with E-state index in [4.69, 9.17) is 0 Å². The van der Waals surface area contributed by atoms with Gasteiger partial charge in [-0.05, 0) is 28.1 Å². The Balaban J connectivity index is 2.43. The molecule has 78 valence electrons. The second-order valence-electron chi connectivity index (χ2n) is 2.94. The summed E-state index contributed by atoms with van der Waals surface area (Å²) in [6, 6.07) is 3.68. The molecule has 2 aromatic rings. The minimum atomic E-state index is -0.329. The average Bonchev–Trinajstić information content (AvgIpc) is 2.61. The van der Waals surface area contributed by atoms with Gasteiger partial charge in [0.1, 0.15) is 12.2 Å². The first kappa shape index (κ1) is 10.1. The standard InChI is InChI=1S/C9H8BrN3O2/c1-15-9(14)4-8-12-11-7-3-2-6(10)5-13(7)8/h2-3,5H,4H2,1H3. The van der Waals surface area contributed by atoms with E-state index in [9.17, 15) is 4.79 Å². The first-order valence-corrected chi connectivity index (χ1v) is 5.06. The van der Waals surface area contributed by atoms with Gasteiger partial charge in [-0.15, -0.1) is 10.2 Å². The zero-order valence-electron chi connectivity index (χ0n) is 7.98. The van der Waals surface area contributed by atoms with E-state index in [0.29, 0.717) is 11.5 Å². The number of carbonyl (C=O) groups is 1. The summed E-state index contributed by atoms with van der Waals surface area (Å²) in [7, 11) is 1.35. The summed E-state index contributed by atoms with van der Waals surface area (Å²) in [6.07, 6.45) is 1.93. The van der Waals surface area contributed by atoms with Crippen molar-refractivity contribution in [2.75, 3.05) is 7.11 Å². The molecule has 0 aromatic carbocycles. The van der Waals surface area contributed by atoms with Gasteiger partial charge in [-0.2, -0.15) is 0 Å². The average molecular weight is 270 g/mol. The largest absolute Gasteiger partial charge is 0.469 e. The molecule has 0 amide bonds. The molecular formula is C9H8BrN3O2. The molecule has 0 N–H and O–H groups in total. The summed E-state index contributed by atoms with van der Waals surface area (Å²) in [5, 5.41) is 7.85. The second kappa shape index (κ2) is 3.98. The lowest BCUT2D eigenvalue weighted by Gasteiger charge is -1.99. The van der Waals surface area contributed by atoms with Crippen LogP contribution in [0.1, 0.15) is 5.82 Å². The van der Waals surface area contributed by atoms with Crippen molar-refractivity contribution in [1.82, 2.24) is 14.6 Å². The Kier molecular flexibility index (Phi) is 2.68. The van der Waals surface area contributed by atoms with Gasteiger partial charge in [0.25, 0.3) is 0 Å². The molecule has 0 aliphatic carbocycles. The SMILES string of the molecule is COC(=O)Cc1nnc2ccc(Br)cn12. The van der Waals surface area contributed by atoms with E-state index in [0.717, 1.165) is 4.47 Å². The predicted octanol–water partition coefficient (Wildman–Crippen LogP) is 1.21. The molecule has 0 aliphatic heterocycles. The van der Waals surface area contributed by atoms with E-state index in [2.05, 4.69) is 30.9 Å². The van der Waals surface area contributed by atoms with Crippen LogP contribution < -0.4 is 0 Å². The quantitative estimate of drug-likeness (QED) is 0.769. The van der Waals surface area contributed by atoms with Gasteiger partial charge < -0.3 is 4.74 Å². The van der Waals surface area contributed by atoms with Crippen LogP contribution in [-0.2, 0) is 16.0 Å². The molecular weight excluding hydrogens is 262 g/mol. The molecule has 0 radical (unpaired) electrons. The van der Waals surface area contributed by atoms with E-state index >= 15 is 0 Å². The molecule has 15 heavy (non-hydrogen) atoms. The van der Waals surface area contributed by atoms with Gasteiger partial charge in [0.05, 0.1) is 7.11 Å². The number of methoxy groups -OCH3 is 1.